The van der Waals surface area contributed by atoms with Crippen molar-refractivity contribution in [3.05, 3.63) is 39.5 Å². The van der Waals surface area contributed by atoms with Gasteiger partial charge in [-0.15, -0.1) is 0 Å². The van der Waals surface area contributed by atoms with E-state index in [9.17, 15) is 9.59 Å². The zero-order valence-corrected chi connectivity index (χ0v) is 17.4. The summed E-state index contributed by atoms with van der Waals surface area (Å²) in [5, 5.41) is 8.00. The van der Waals surface area contributed by atoms with Crippen LogP contribution in [0.2, 0.25) is 0 Å². The van der Waals surface area contributed by atoms with Gasteiger partial charge in [0.05, 0.1) is 18.7 Å². The van der Waals surface area contributed by atoms with Crippen molar-refractivity contribution in [2.75, 3.05) is 11.9 Å². The first kappa shape index (κ1) is 20.0. The lowest BCUT2D eigenvalue weighted by Gasteiger charge is -2.05. The largest absolute Gasteiger partial charge is 0.461 e. The number of carbonyl (C=O) groups excluding carboxylic acids is 2. The molecular formula is C20H23N3O4S. The third-order valence-electron chi connectivity index (χ3n) is 4.09. The van der Waals surface area contributed by atoms with Gasteiger partial charge < -0.3 is 14.6 Å². The van der Waals surface area contributed by atoms with Crippen molar-refractivity contribution in [3.8, 4) is 0 Å². The number of hydrogen-bond donors (Lipinski definition) is 1. The molecule has 0 spiro atoms. The zero-order valence-electron chi connectivity index (χ0n) is 16.6. The summed E-state index contributed by atoms with van der Waals surface area (Å²) in [6.45, 7) is 9.94. The fourth-order valence-corrected chi connectivity index (χ4v) is 3.78. The Labute approximate surface area is 167 Å². The molecule has 2 aromatic heterocycles. The Morgan fingerprint density at radius 2 is 2.00 bits per heavy atom. The molecule has 1 amide bonds. The molecule has 7 nitrogen and oxygen atoms in total. The molecule has 0 fully saturated rings. The summed E-state index contributed by atoms with van der Waals surface area (Å²) in [5.74, 6) is -0.440. The third kappa shape index (κ3) is 4.39. The molecule has 0 aliphatic heterocycles. The van der Waals surface area contributed by atoms with E-state index in [1.807, 2.05) is 39.8 Å². The highest BCUT2D eigenvalue weighted by Crippen LogP contribution is 2.26. The van der Waals surface area contributed by atoms with Crippen LogP contribution in [-0.4, -0.2) is 28.6 Å². The normalized spacial score (nSPS) is 11.2. The van der Waals surface area contributed by atoms with E-state index in [1.165, 1.54) is 0 Å². The molecule has 3 rings (SSSR count). The average Bonchev–Trinajstić information content (AvgIpc) is 3.16. The summed E-state index contributed by atoms with van der Waals surface area (Å²) < 4.78 is 10.6. The molecule has 2 heterocycles. The lowest BCUT2D eigenvalue weighted by molar-refractivity contribution is -0.115. The summed E-state index contributed by atoms with van der Waals surface area (Å²) in [6.07, 6.45) is 0.0582. The number of nitrogens with zero attached hydrogens (tertiary/aromatic N) is 2. The Kier molecular flexibility index (Phi) is 5.79. The molecule has 3 aromatic rings. The smallest absolute Gasteiger partial charge is 0.350 e. The summed E-state index contributed by atoms with van der Waals surface area (Å²) in [6, 6.07) is 3.93. The predicted octanol–water partition coefficient (Wildman–Crippen LogP) is 4.20. The highest BCUT2D eigenvalue weighted by atomic mass is 32.1. The maximum atomic E-state index is 12.5. The number of nitrogens with one attached hydrogen (secondary N) is 1. The van der Waals surface area contributed by atoms with E-state index < -0.39 is 5.97 Å². The van der Waals surface area contributed by atoms with Gasteiger partial charge in [0.1, 0.15) is 10.6 Å². The Bertz CT molecular complexity index is 1040. The van der Waals surface area contributed by atoms with Crippen LogP contribution in [0.4, 0.5) is 5.13 Å². The van der Waals surface area contributed by atoms with Crippen LogP contribution in [0.1, 0.15) is 46.0 Å². The average molecular weight is 401 g/mol. The lowest BCUT2D eigenvalue weighted by Crippen LogP contribution is -2.14. The van der Waals surface area contributed by atoms with Gasteiger partial charge in [0, 0.05) is 5.39 Å². The minimum atomic E-state index is -0.419. The van der Waals surface area contributed by atoms with E-state index in [-0.39, 0.29) is 18.2 Å². The fraction of sp³-hybridized carbons (Fsp3) is 0.400. The van der Waals surface area contributed by atoms with Crippen molar-refractivity contribution >= 4 is 39.3 Å². The van der Waals surface area contributed by atoms with Crippen LogP contribution in [0.25, 0.3) is 11.0 Å². The number of thiazole rings is 1. The number of fused-ring (bicyclic) bond motifs is 1. The number of rotatable bonds is 6. The van der Waals surface area contributed by atoms with Crippen molar-refractivity contribution in [1.29, 1.82) is 0 Å². The highest BCUT2D eigenvalue weighted by molar-refractivity contribution is 7.17. The van der Waals surface area contributed by atoms with Crippen molar-refractivity contribution < 1.29 is 18.8 Å². The van der Waals surface area contributed by atoms with Gasteiger partial charge >= 0.3 is 5.97 Å². The first-order chi connectivity index (χ1) is 13.2. The number of benzene rings is 1. The summed E-state index contributed by atoms with van der Waals surface area (Å²) >= 11 is 1.11. The zero-order chi connectivity index (χ0) is 20.4. The summed E-state index contributed by atoms with van der Waals surface area (Å²) in [7, 11) is 0. The number of ether oxygens (including phenoxy) is 1. The van der Waals surface area contributed by atoms with Crippen LogP contribution < -0.4 is 5.32 Å². The molecule has 0 radical (unpaired) electrons. The first-order valence-corrected chi connectivity index (χ1v) is 9.86. The Balaban J connectivity index is 1.71. The molecule has 0 saturated carbocycles. The second kappa shape index (κ2) is 8.10. The monoisotopic (exact) mass is 401 g/mol. The maximum absolute atomic E-state index is 12.5. The number of carbonyl (C=O) groups is 2. The van der Waals surface area contributed by atoms with Crippen LogP contribution in [0, 0.1) is 26.7 Å². The highest BCUT2D eigenvalue weighted by Gasteiger charge is 2.20. The molecule has 28 heavy (non-hydrogen) atoms. The fourth-order valence-electron chi connectivity index (χ4n) is 2.90. The van der Waals surface area contributed by atoms with E-state index in [2.05, 4.69) is 15.5 Å². The molecule has 0 bridgehead atoms. The molecule has 148 valence electrons. The number of hydrogen-bond acceptors (Lipinski definition) is 7. The molecule has 0 saturated heterocycles. The standard InChI is InChI=1S/C20H23N3O4S/c1-10(2)9-26-19(25)18-13(5)21-20(28-18)22-16(24)8-14-17-12(4)6-11(3)7-15(17)27-23-14/h6-7,10H,8-9H2,1-5H3,(H,21,22,24). The summed E-state index contributed by atoms with van der Waals surface area (Å²) in [4.78, 5) is 29.3. The molecule has 0 atom stereocenters. The predicted molar refractivity (Wildman–Crippen MR) is 108 cm³/mol. The van der Waals surface area contributed by atoms with Crippen molar-refractivity contribution in [2.24, 2.45) is 5.92 Å². The molecule has 1 aromatic carbocycles. The van der Waals surface area contributed by atoms with Crippen LogP contribution >= 0.6 is 11.3 Å². The maximum Gasteiger partial charge on any atom is 0.350 e. The van der Waals surface area contributed by atoms with Gasteiger partial charge in [-0.05, 0) is 43.9 Å². The van der Waals surface area contributed by atoms with E-state index >= 15 is 0 Å². The van der Waals surface area contributed by atoms with Gasteiger partial charge in [-0.2, -0.15) is 0 Å². The number of aryl methyl sites for hydroxylation is 3. The van der Waals surface area contributed by atoms with Crippen LogP contribution in [0.15, 0.2) is 16.7 Å². The summed E-state index contributed by atoms with van der Waals surface area (Å²) in [5.41, 5.74) is 3.87. The Morgan fingerprint density at radius 1 is 1.25 bits per heavy atom. The second-order valence-electron chi connectivity index (χ2n) is 7.24. The Morgan fingerprint density at radius 3 is 2.71 bits per heavy atom. The van der Waals surface area contributed by atoms with Crippen LogP contribution in [0.3, 0.4) is 0 Å². The van der Waals surface area contributed by atoms with E-state index in [4.69, 9.17) is 9.26 Å². The number of amides is 1. The van der Waals surface area contributed by atoms with Crippen molar-refractivity contribution in [3.63, 3.8) is 0 Å². The quantitative estimate of drug-likeness (QED) is 0.622. The number of anilines is 1. The van der Waals surface area contributed by atoms with Gasteiger partial charge in [0.2, 0.25) is 5.91 Å². The topological polar surface area (TPSA) is 94.3 Å². The molecule has 0 aliphatic rings. The molecule has 1 N–H and O–H groups in total. The van der Waals surface area contributed by atoms with Crippen molar-refractivity contribution in [2.45, 2.75) is 41.0 Å². The van der Waals surface area contributed by atoms with Gasteiger partial charge in [0.25, 0.3) is 0 Å². The van der Waals surface area contributed by atoms with Gasteiger partial charge in [0.15, 0.2) is 10.7 Å². The molecular weight excluding hydrogens is 378 g/mol. The SMILES string of the molecule is Cc1cc(C)c2c(CC(=O)Nc3nc(C)c(C(=O)OCC(C)C)s3)noc2c1. The minimum absolute atomic E-state index is 0.0582. The van der Waals surface area contributed by atoms with Gasteiger partial charge in [-0.25, -0.2) is 9.78 Å². The van der Waals surface area contributed by atoms with Crippen LogP contribution in [0.5, 0.6) is 0 Å². The van der Waals surface area contributed by atoms with Crippen molar-refractivity contribution in [1.82, 2.24) is 10.1 Å². The molecule has 0 unspecified atom stereocenters. The molecule has 0 aliphatic carbocycles. The number of aromatic nitrogens is 2. The lowest BCUT2D eigenvalue weighted by atomic mass is 10.0. The Hall–Kier alpha value is -2.74. The molecule has 8 heteroatoms. The first-order valence-electron chi connectivity index (χ1n) is 9.04. The van der Waals surface area contributed by atoms with Gasteiger partial charge in [-0.3, -0.25) is 4.79 Å². The van der Waals surface area contributed by atoms with Crippen LogP contribution in [-0.2, 0) is 16.0 Å². The third-order valence-corrected chi connectivity index (χ3v) is 5.14. The minimum Gasteiger partial charge on any atom is -0.461 e. The second-order valence-corrected chi connectivity index (χ2v) is 8.23. The van der Waals surface area contributed by atoms with E-state index in [0.29, 0.717) is 33.6 Å². The van der Waals surface area contributed by atoms with Gasteiger partial charge in [-0.1, -0.05) is 36.4 Å². The number of esters is 1. The van der Waals surface area contributed by atoms with E-state index in [1.54, 1.807) is 6.92 Å². The van der Waals surface area contributed by atoms with E-state index in [0.717, 1.165) is 27.8 Å².